The number of rotatable bonds is 5. The molecule has 0 saturated carbocycles. The summed E-state index contributed by atoms with van der Waals surface area (Å²) in [6.07, 6.45) is 2.44. The molecule has 2 rings (SSSR count). The normalized spacial score (nSPS) is 19.3. The minimum absolute atomic E-state index is 0.102. The van der Waals surface area contributed by atoms with Gasteiger partial charge in [-0.2, -0.15) is 12.6 Å². The molecule has 1 fully saturated rings. The Morgan fingerprint density at radius 2 is 2.37 bits per heavy atom. The van der Waals surface area contributed by atoms with Crippen LogP contribution in [0.15, 0.2) is 18.3 Å². The lowest BCUT2D eigenvalue weighted by atomic mass is 10.1. The number of nitrogens with zero attached hydrogens (tertiary/aromatic N) is 2. The number of hydrogen-bond acceptors (Lipinski definition) is 4. The summed E-state index contributed by atoms with van der Waals surface area (Å²) in [6.45, 7) is 5.36. The Morgan fingerprint density at radius 3 is 3.00 bits per heavy atom. The number of thiol groups is 1. The van der Waals surface area contributed by atoms with Crippen molar-refractivity contribution in [2.45, 2.75) is 32.9 Å². The summed E-state index contributed by atoms with van der Waals surface area (Å²) in [6, 6.07) is 3.83. The van der Waals surface area contributed by atoms with E-state index in [9.17, 15) is 4.79 Å². The van der Waals surface area contributed by atoms with Crippen LogP contribution in [0.25, 0.3) is 0 Å². The molecular weight excluding hydrogens is 260 g/mol. The molecule has 4 nitrogen and oxygen atoms in total. The summed E-state index contributed by atoms with van der Waals surface area (Å²) in [7, 11) is 0. The summed E-state index contributed by atoms with van der Waals surface area (Å²) < 4.78 is 5.56. The Hall–Kier alpha value is -1.23. The molecule has 0 N–H and O–H groups in total. The van der Waals surface area contributed by atoms with Crippen molar-refractivity contribution in [3.05, 3.63) is 23.9 Å². The third kappa shape index (κ3) is 3.86. The van der Waals surface area contributed by atoms with Crippen molar-refractivity contribution in [2.24, 2.45) is 5.92 Å². The van der Waals surface area contributed by atoms with Crippen molar-refractivity contribution in [1.82, 2.24) is 9.88 Å². The van der Waals surface area contributed by atoms with Gasteiger partial charge in [0.1, 0.15) is 0 Å². The molecule has 1 aliphatic rings. The minimum Gasteiger partial charge on any atom is -0.475 e. The van der Waals surface area contributed by atoms with Gasteiger partial charge in [0.15, 0.2) is 0 Å². The first kappa shape index (κ1) is 14.2. The molecule has 1 saturated heterocycles. The molecule has 0 aromatic carbocycles. The Kier molecular flexibility index (Phi) is 4.69. The predicted octanol–water partition coefficient (Wildman–Crippen LogP) is 2.15. The second-order valence-corrected chi connectivity index (χ2v) is 5.56. The van der Waals surface area contributed by atoms with E-state index >= 15 is 0 Å². The molecule has 1 aliphatic heterocycles. The average molecular weight is 280 g/mol. The molecule has 104 valence electrons. The molecule has 2 heterocycles. The van der Waals surface area contributed by atoms with Gasteiger partial charge in [0.05, 0.1) is 6.10 Å². The molecule has 0 aliphatic carbocycles. The first-order chi connectivity index (χ1) is 9.08. The summed E-state index contributed by atoms with van der Waals surface area (Å²) in [5, 5.41) is 0. The highest BCUT2D eigenvalue weighted by molar-refractivity contribution is 7.80. The van der Waals surface area contributed by atoms with Crippen LogP contribution in [0.1, 0.15) is 25.8 Å². The van der Waals surface area contributed by atoms with Gasteiger partial charge in [-0.3, -0.25) is 4.79 Å². The number of likely N-dealkylation sites (tertiary alicyclic amines) is 1. The molecule has 1 aromatic heterocycles. The van der Waals surface area contributed by atoms with Crippen molar-refractivity contribution < 1.29 is 9.53 Å². The predicted molar refractivity (Wildman–Crippen MR) is 77.4 cm³/mol. The lowest BCUT2D eigenvalue weighted by molar-refractivity contribution is -0.128. The maximum Gasteiger partial charge on any atom is 0.223 e. The minimum atomic E-state index is 0.102. The van der Waals surface area contributed by atoms with E-state index in [0.717, 1.165) is 17.9 Å². The number of pyridine rings is 1. The van der Waals surface area contributed by atoms with Gasteiger partial charge in [-0.15, -0.1) is 0 Å². The van der Waals surface area contributed by atoms with E-state index < -0.39 is 0 Å². The molecule has 0 radical (unpaired) electrons. The van der Waals surface area contributed by atoms with Gasteiger partial charge in [0.2, 0.25) is 11.8 Å². The molecule has 19 heavy (non-hydrogen) atoms. The van der Waals surface area contributed by atoms with E-state index in [4.69, 9.17) is 4.74 Å². The molecule has 5 heteroatoms. The number of amides is 1. The molecule has 1 aromatic rings. The molecular formula is C14H20N2O2S. The van der Waals surface area contributed by atoms with Gasteiger partial charge in [-0.1, -0.05) is 0 Å². The largest absolute Gasteiger partial charge is 0.475 e. The van der Waals surface area contributed by atoms with E-state index in [-0.39, 0.29) is 12.0 Å². The van der Waals surface area contributed by atoms with E-state index in [1.54, 1.807) is 6.20 Å². The second kappa shape index (κ2) is 6.28. The van der Waals surface area contributed by atoms with Crippen LogP contribution in [0.2, 0.25) is 0 Å². The standard InChI is InChI=1S/C14H20N2O2S/c1-10(2)18-13-5-11(3-4-15-13)7-16-8-12(9-19)6-14(16)17/h3-5,10,12,19H,6-9H2,1-2H3. The van der Waals surface area contributed by atoms with Crippen LogP contribution < -0.4 is 4.74 Å². The first-order valence-corrected chi connectivity index (χ1v) is 7.22. The third-order valence-electron chi connectivity index (χ3n) is 3.08. The Labute approximate surface area is 119 Å². The molecule has 1 amide bonds. The number of carbonyl (C=O) groups is 1. The monoisotopic (exact) mass is 280 g/mol. The van der Waals surface area contributed by atoms with Crippen molar-refractivity contribution in [2.75, 3.05) is 12.3 Å². The van der Waals surface area contributed by atoms with E-state index in [2.05, 4.69) is 17.6 Å². The maximum atomic E-state index is 11.9. The number of carbonyl (C=O) groups excluding carboxylic acids is 1. The Morgan fingerprint density at radius 1 is 1.58 bits per heavy atom. The van der Waals surface area contributed by atoms with Crippen molar-refractivity contribution in [3.8, 4) is 5.88 Å². The quantitative estimate of drug-likeness (QED) is 0.840. The topological polar surface area (TPSA) is 42.4 Å². The molecule has 1 unspecified atom stereocenters. The third-order valence-corrected chi connectivity index (χ3v) is 3.60. The van der Waals surface area contributed by atoms with E-state index in [0.29, 0.717) is 24.8 Å². The van der Waals surface area contributed by atoms with Gasteiger partial charge >= 0.3 is 0 Å². The van der Waals surface area contributed by atoms with Crippen LogP contribution >= 0.6 is 12.6 Å². The SMILES string of the molecule is CC(C)Oc1cc(CN2CC(CS)CC2=O)ccn1. The highest BCUT2D eigenvalue weighted by Gasteiger charge is 2.28. The van der Waals surface area contributed by atoms with Crippen LogP contribution in [-0.2, 0) is 11.3 Å². The van der Waals surface area contributed by atoms with Gasteiger partial charge in [-0.25, -0.2) is 4.98 Å². The fourth-order valence-electron chi connectivity index (χ4n) is 2.20. The van der Waals surface area contributed by atoms with Crippen molar-refractivity contribution in [3.63, 3.8) is 0 Å². The highest BCUT2D eigenvalue weighted by Crippen LogP contribution is 2.22. The number of ether oxygens (including phenoxy) is 1. The summed E-state index contributed by atoms with van der Waals surface area (Å²) in [5.74, 6) is 1.97. The van der Waals surface area contributed by atoms with Crippen molar-refractivity contribution in [1.29, 1.82) is 0 Å². The molecule has 0 bridgehead atoms. The van der Waals surface area contributed by atoms with Crippen LogP contribution in [0.4, 0.5) is 0 Å². The smallest absolute Gasteiger partial charge is 0.223 e. The van der Waals surface area contributed by atoms with Crippen LogP contribution in [0.5, 0.6) is 5.88 Å². The fourth-order valence-corrected chi connectivity index (χ4v) is 2.45. The Bertz CT molecular complexity index is 451. The van der Waals surface area contributed by atoms with Gasteiger partial charge in [0.25, 0.3) is 0 Å². The van der Waals surface area contributed by atoms with Gasteiger partial charge < -0.3 is 9.64 Å². The van der Waals surface area contributed by atoms with Crippen molar-refractivity contribution >= 4 is 18.5 Å². The lowest BCUT2D eigenvalue weighted by Gasteiger charge is -2.17. The summed E-state index contributed by atoms with van der Waals surface area (Å²) in [5.41, 5.74) is 1.05. The second-order valence-electron chi connectivity index (χ2n) is 5.20. The maximum absolute atomic E-state index is 11.9. The fraction of sp³-hybridized carbons (Fsp3) is 0.571. The van der Waals surface area contributed by atoms with E-state index in [1.807, 2.05) is 30.9 Å². The van der Waals surface area contributed by atoms with Crippen LogP contribution in [0.3, 0.4) is 0 Å². The van der Waals surface area contributed by atoms with E-state index in [1.165, 1.54) is 0 Å². The summed E-state index contributed by atoms with van der Waals surface area (Å²) >= 11 is 4.27. The number of hydrogen-bond donors (Lipinski definition) is 1. The first-order valence-electron chi connectivity index (χ1n) is 6.58. The zero-order chi connectivity index (χ0) is 13.8. The van der Waals surface area contributed by atoms with Gasteiger partial charge in [0, 0.05) is 31.8 Å². The number of aromatic nitrogens is 1. The average Bonchev–Trinajstić information content (AvgIpc) is 2.70. The Balaban J connectivity index is 2.01. The molecule has 0 spiro atoms. The highest BCUT2D eigenvalue weighted by atomic mass is 32.1. The van der Waals surface area contributed by atoms with Crippen LogP contribution in [0, 0.1) is 5.92 Å². The van der Waals surface area contributed by atoms with Gasteiger partial charge in [-0.05, 0) is 37.1 Å². The lowest BCUT2D eigenvalue weighted by Crippen LogP contribution is -2.24. The zero-order valence-corrected chi connectivity index (χ0v) is 12.3. The zero-order valence-electron chi connectivity index (χ0n) is 11.4. The summed E-state index contributed by atoms with van der Waals surface area (Å²) in [4.78, 5) is 17.9. The van der Waals surface area contributed by atoms with Crippen LogP contribution in [-0.4, -0.2) is 34.2 Å². The molecule has 1 atom stereocenters.